The summed E-state index contributed by atoms with van der Waals surface area (Å²) in [6.45, 7) is 0. The van der Waals surface area contributed by atoms with Crippen molar-refractivity contribution in [2.45, 2.75) is 18.5 Å². The molecule has 0 spiro atoms. The molecule has 1 nitrogen and oxygen atoms in total. The van der Waals surface area contributed by atoms with Crippen molar-refractivity contribution < 1.29 is 13.2 Å². The molecule has 4 heteroatoms. The molecule has 0 fully saturated rings. The molecule has 1 rings (SSSR count). The lowest BCUT2D eigenvalue weighted by molar-refractivity contribution is -0.136. The van der Waals surface area contributed by atoms with Gasteiger partial charge in [-0.15, -0.1) is 0 Å². The van der Waals surface area contributed by atoms with Gasteiger partial charge in [0, 0.05) is 0 Å². The van der Waals surface area contributed by atoms with Gasteiger partial charge in [-0.1, -0.05) is 30.3 Å². The number of nitrogens with zero attached hydrogens (tertiary/aromatic N) is 1. The molecule has 0 aliphatic heterocycles. The maximum absolute atomic E-state index is 12.0. The van der Waals surface area contributed by atoms with Gasteiger partial charge in [0.05, 0.1) is 18.4 Å². The van der Waals surface area contributed by atoms with Crippen LogP contribution < -0.4 is 0 Å². The molecule has 1 unspecified atom stereocenters. The zero-order valence-corrected chi connectivity index (χ0v) is 7.25. The Bertz CT molecular complexity index is 323. The second-order valence-electron chi connectivity index (χ2n) is 2.91. The molecule has 1 aromatic rings. The summed E-state index contributed by atoms with van der Waals surface area (Å²) in [7, 11) is 0. The van der Waals surface area contributed by atoms with Crippen molar-refractivity contribution in [1.29, 1.82) is 5.26 Å². The topological polar surface area (TPSA) is 23.8 Å². The molecule has 0 bridgehead atoms. The van der Waals surface area contributed by atoms with E-state index in [2.05, 4.69) is 0 Å². The van der Waals surface area contributed by atoms with Crippen LogP contribution in [0.1, 0.15) is 17.9 Å². The van der Waals surface area contributed by atoms with Gasteiger partial charge >= 0.3 is 6.18 Å². The van der Waals surface area contributed by atoms with Crippen LogP contribution in [0.15, 0.2) is 30.3 Å². The first-order valence-electron chi connectivity index (χ1n) is 4.04. The smallest absolute Gasteiger partial charge is 0.198 e. The predicted octanol–water partition coefficient (Wildman–Crippen LogP) is 3.25. The Morgan fingerprint density at radius 1 is 1.21 bits per heavy atom. The van der Waals surface area contributed by atoms with Crippen molar-refractivity contribution in [2.75, 3.05) is 0 Å². The average molecular weight is 199 g/mol. The van der Waals surface area contributed by atoms with Crippen molar-refractivity contribution in [3.63, 3.8) is 0 Å². The highest BCUT2D eigenvalue weighted by atomic mass is 19.4. The predicted molar refractivity (Wildman–Crippen MR) is 45.5 cm³/mol. The molecule has 0 N–H and O–H groups in total. The standard InChI is InChI=1S/C10H8F3N/c11-10(12,13)6-9(7-14)8-4-2-1-3-5-8/h1-5,9H,6H2. The van der Waals surface area contributed by atoms with E-state index in [1.54, 1.807) is 24.3 Å². The molecule has 0 saturated heterocycles. The lowest BCUT2D eigenvalue weighted by atomic mass is 9.97. The lowest BCUT2D eigenvalue weighted by Gasteiger charge is -2.11. The van der Waals surface area contributed by atoms with Crippen LogP contribution in [0.2, 0.25) is 0 Å². The number of hydrogen-bond donors (Lipinski definition) is 0. The minimum atomic E-state index is -4.30. The van der Waals surface area contributed by atoms with E-state index in [-0.39, 0.29) is 0 Å². The first-order chi connectivity index (χ1) is 6.53. The Hall–Kier alpha value is -1.50. The third-order valence-corrected chi connectivity index (χ3v) is 1.79. The third kappa shape index (κ3) is 3.09. The van der Waals surface area contributed by atoms with Gasteiger partial charge < -0.3 is 0 Å². The van der Waals surface area contributed by atoms with Crippen molar-refractivity contribution in [3.05, 3.63) is 35.9 Å². The SMILES string of the molecule is N#CC(CC(F)(F)F)c1ccccc1. The van der Waals surface area contributed by atoms with E-state index in [4.69, 9.17) is 5.26 Å². The van der Waals surface area contributed by atoms with Gasteiger partial charge in [0.1, 0.15) is 0 Å². The van der Waals surface area contributed by atoms with E-state index in [9.17, 15) is 13.2 Å². The lowest BCUT2D eigenvalue weighted by Crippen LogP contribution is -2.12. The maximum atomic E-state index is 12.0. The molecule has 14 heavy (non-hydrogen) atoms. The fourth-order valence-corrected chi connectivity index (χ4v) is 1.15. The number of nitriles is 1. The summed E-state index contributed by atoms with van der Waals surface area (Å²) in [5.41, 5.74) is 0.410. The Morgan fingerprint density at radius 3 is 2.21 bits per heavy atom. The molecular formula is C10H8F3N. The third-order valence-electron chi connectivity index (χ3n) is 1.79. The van der Waals surface area contributed by atoms with E-state index in [0.717, 1.165) is 0 Å². The summed E-state index contributed by atoms with van der Waals surface area (Å²) in [4.78, 5) is 0. The molecule has 1 aromatic carbocycles. The highest BCUT2D eigenvalue weighted by Crippen LogP contribution is 2.30. The molecule has 0 aliphatic carbocycles. The van der Waals surface area contributed by atoms with Crippen molar-refractivity contribution in [1.82, 2.24) is 0 Å². The number of alkyl halides is 3. The summed E-state index contributed by atoms with van der Waals surface area (Å²) in [6.07, 6.45) is -5.39. The molecule has 0 amide bonds. The number of benzene rings is 1. The van der Waals surface area contributed by atoms with Gasteiger partial charge in [0.25, 0.3) is 0 Å². The fraction of sp³-hybridized carbons (Fsp3) is 0.300. The second-order valence-corrected chi connectivity index (χ2v) is 2.91. The summed E-state index contributed by atoms with van der Waals surface area (Å²) in [5.74, 6) is -1.10. The van der Waals surface area contributed by atoms with Crippen LogP contribution in [0.3, 0.4) is 0 Å². The minimum absolute atomic E-state index is 0.410. The van der Waals surface area contributed by atoms with Crippen molar-refractivity contribution in [2.24, 2.45) is 0 Å². The van der Waals surface area contributed by atoms with Gasteiger partial charge in [0.15, 0.2) is 0 Å². The van der Waals surface area contributed by atoms with Crippen LogP contribution in [0, 0.1) is 11.3 Å². The van der Waals surface area contributed by atoms with Crippen LogP contribution in [0.5, 0.6) is 0 Å². The van der Waals surface area contributed by atoms with E-state index < -0.39 is 18.5 Å². The monoisotopic (exact) mass is 199 g/mol. The number of hydrogen-bond acceptors (Lipinski definition) is 1. The highest BCUT2D eigenvalue weighted by Gasteiger charge is 2.32. The maximum Gasteiger partial charge on any atom is 0.390 e. The Balaban J connectivity index is 2.80. The van der Waals surface area contributed by atoms with Gasteiger partial charge in [-0.2, -0.15) is 18.4 Å². The van der Waals surface area contributed by atoms with Gasteiger partial charge in [0.2, 0.25) is 0 Å². The largest absolute Gasteiger partial charge is 0.390 e. The number of halogens is 3. The van der Waals surface area contributed by atoms with Gasteiger partial charge in [-0.05, 0) is 5.56 Å². The molecule has 1 atom stereocenters. The van der Waals surface area contributed by atoms with Gasteiger partial charge in [-0.25, -0.2) is 0 Å². The zero-order valence-electron chi connectivity index (χ0n) is 7.25. The van der Waals surface area contributed by atoms with E-state index in [1.807, 2.05) is 0 Å². The summed E-state index contributed by atoms with van der Waals surface area (Å²) < 4.78 is 36.1. The number of rotatable bonds is 2. The van der Waals surface area contributed by atoms with Crippen LogP contribution in [-0.4, -0.2) is 6.18 Å². The van der Waals surface area contributed by atoms with E-state index >= 15 is 0 Å². The van der Waals surface area contributed by atoms with E-state index in [0.29, 0.717) is 5.56 Å². The molecule has 74 valence electrons. The highest BCUT2D eigenvalue weighted by molar-refractivity contribution is 5.24. The molecule has 0 heterocycles. The Morgan fingerprint density at radius 2 is 1.79 bits per heavy atom. The summed E-state index contributed by atoms with van der Waals surface area (Å²) in [6, 6.07) is 9.65. The summed E-state index contributed by atoms with van der Waals surface area (Å²) in [5, 5.41) is 8.59. The fourth-order valence-electron chi connectivity index (χ4n) is 1.15. The van der Waals surface area contributed by atoms with Gasteiger partial charge in [-0.3, -0.25) is 0 Å². The molecule has 0 aromatic heterocycles. The first-order valence-corrected chi connectivity index (χ1v) is 4.04. The summed E-state index contributed by atoms with van der Waals surface area (Å²) >= 11 is 0. The van der Waals surface area contributed by atoms with E-state index in [1.165, 1.54) is 12.1 Å². The van der Waals surface area contributed by atoms with Crippen molar-refractivity contribution in [3.8, 4) is 6.07 Å². The van der Waals surface area contributed by atoms with Crippen LogP contribution in [0.25, 0.3) is 0 Å². The molecular weight excluding hydrogens is 191 g/mol. The second kappa shape index (κ2) is 4.14. The Labute approximate surface area is 79.8 Å². The quantitative estimate of drug-likeness (QED) is 0.717. The average Bonchev–Trinajstić information content (AvgIpc) is 2.14. The Kier molecular flexibility index (Phi) is 3.13. The molecule has 0 aliphatic rings. The zero-order chi connectivity index (χ0) is 10.6. The molecule has 0 radical (unpaired) electrons. The van der Waals surface area contributed by atoms with Crippen LogP contribution >= 0.6 is 0 Å². The molecule has 0 saturated carbocycles. The normalized spacial score (nSPS) is 13.3. The van der Waals surface area contributed by atoms with Crippen LogP contribution in [0.4, 0.5) is 13.2 Å². The first kappa shape index (κ1) is 10.6. The van der Waals surface area contributed by atoms with Crippen LogP contribution in [-0.2, 0) is 0 Å². The minimum Gasteiger partial charge on any atom is -0.198 e. The van der Waals surface area contributed by atoms with Crippen molar-refractivity contribution >= 4 is 0 Å².